The van der Waals surface area contributed by atoms with Gasteiger partial charge < -0.3 is 14.8 Å². The van der Waals surface area contributed by atoms with Gasteiger partial charge in [0.15, 0.2) is 11.5 Å². The molecular formula is C21H26N2O5S. The van der Waals surface area contributed by atoms with E-state index in [2.05, 4.69) is 5.32 Å². The van der Waals surface area contributed by atoms with Crippen LogP contribution in [0.5, 0.6) is 11.5 Å². The fourth-order valence-corrected chi connectivity index (χ4v) is 4.65. The highest BCUT2D eigenvalue weighted by Crippen LogP contribution is 2.31. The standard InChI is InChI=1S/C21H26N2O5S/c1-23(29(25,26)18-12-13-19(27-2)20(14-18)28-3)17-10-8-15(9-11-17)21(24)22-16-6-4-5-7-16/h8-14,16H,4-7H2,1-3H3,(H,22,24). The molecule has 3 rings (SSSR count). The van der Waals surface area contributed by atoms with Crippen LogP contribution in [0.3, 0.4) is 0 Å². The van der Waals surface area contributed by atoms with Crippen molar-refractivity contribution in [3.63, 3.8) is 0 Å². The first-order valence-electron chi connectivity index (χ1n) is 9.48. The van der Waals surface area contributed by atoms with Crippen LogP contribution in [0.15, 0.2) is 47.4 Å². The molecule has 0 radical (unpaired) electrons. The number of amides is 1. The average molecular weight is 419 g/mol. The molecule has 0 aliphatic heterocycles. The van der Waals surface area contributed by atoms with Crippen LogP contribution in [0.2, 0.25) is 0 Å². The molecule has 1 aliphatic rings. The van der Waals surface area contributed by atoms with Crippen molar-refractivity contribution in [1.82, 2.24) is 5.32 Å². The predicted molar refractivity (Wildman–Crippen MR) is 111 cm³/mol. The Kier molecular flexibility index (Phi) is 6.32. The lowest BCUT2D eigenvalue weighted by atomic mass is 10.1. The smallest absolute Gasteiger partial charge is 0.264 e. The quantitative estimate of drug-likeness (QED) is 0.746. The van der Waals surface area contributed by atoms with E-state index < -0.39 is 10.0 Å². The van der Waals surface area contributed by atoms with Crippen LogP contribution >= 0.6 is 0 Å². The Labute approximate surface area is 171 Å². The number of hydrogen-bond donors (Lipinski definition) is 1. The van der Waals surface area contributed by atoms with Crippen molar-refractivity contribution >= 4 is 21.6 Å². The highest BCUT2D eigenvalue weighted by Gasteiger charge is 2.24. The number of carbonyl (C=O) groups excluding carboxylic acids is 1. The van der Waals surface area contributed by atoms with Crippen molar-refractivity contribution < 1.29 is 22.7 Å². The molecule has 0 bridgehead atoms. The molecule has 1 aliphatic carbocycles. The summed E-state index contributed by atoms with van der Waals surface area (Å²) >= 11 is 0. The van der Waals surface area contributed by atoms with Gasteiger partial charge in [0, 0.05) is 24.7 Å². The van der Waals surface area contributed by atoms with E-state index in [1.807, 2.05) is 0 Å². The second-order valence-corrected chi connectivity index (χ2v) is 8.96. The molecule has 2 aromatic rings. The van der Waals surface area contributed by atoms with E-state index in [0.29, 0.717) is 22.7 Å². The van der Waals surface area contributed by atoms with Gasteiger partial charge in [-0.05, 0) is 49.2 Å². The first-order valence-corrected chi connectivity index (χ1v) is 10.9. The average Bonchev–Trinajstić information content (AvgIpc) is 3.25. The second-order valence-electron chi connectivity index (χ2n) is 6.99. The van der Waals surface area contributed by atoms with Gasteiger partial charge in [-0.2, -0.15) is 0 Å². The molecule has 156 valence electrons. The summed E-state index contributed by atoms with van der Waals surface area (Å²) in [6.45, 7) is 0. The molecule has 0 unspecified atom stereocenters. The molecule has 7 nitrogen and oxygen atoms in total. The normalized spacial score (nSPS) is 14.4. The molecule has 29 heavy (non-hydrogen) atoms. The van der Waals surface area contributed by atoms with E-state index >= 15 is 0 Å². The van der Waals surface area contributed by atoms with Gasteiger partial charge >= 0.3 is 0 Å². The molecule has 0 saturated heterocycles. The minimum atomic E-state index is -3.80. The fraction of sp³-hybridized carbons (Fsp3) is 0.381. The van der Waals surface area contributed by atoms with Gasteiger partial charge in [-0.25, -0.2) is 8.42 Å². The number of rotatable bonds is 7. The van der Waals surface area contributed by atoms with E-state index in [-0.39, 0.29) is 16.8 Å². The lowest BCUT2D eigenvalue weighted by Gasteiger charge is -2.20. The molecule has 1 amide bonds. The van der Waals surface area contributed by atoms with Crippen molar-refractivity contribution in [2.75, 3.05) is 25.6 Å². The largest absolute Gasteiger partial charge is 0.493 e. The maximum atomic E-state index is 13.0. The van der Waals surface area contributed by atoms with Crippen molar-refractivity contribution in [2.45, 2.75) is 36.6 Å². The Morgan fingerprint density at radius 1 is 1.00 bits per heavy atom. The van der Waals surface area contributed by atoms with Gasteiger partial charge in [-0.1, -0.05) is 12.8 Å². The lowest BCUT2D eigenvalue weighted by Crippen LogP contribution is -2.32. The first-order chi connectivity index (χ1) is 13.9. The number of benzene rings is 2. The number of sulfonamides is 1. The summed E-state index contributed by atoms with van der Waals surface area (Å²) in [5.74, 6) is 0.654. The first kappa shape index (κ1) is 21.0. The van der Waals surface area contributed by atoms with Gasteiger partial charge in [0.2, 0.25) is 0 Å². The second kappa shape index (κ2) is 8.73. The zero-order chi connectivity index (χ0) is 21.0. The molecule has 8 heteroatoms. The molecule has 0 heterocycles. The summed E-state index contributed by atoms with van der Waals surface area (Å²) in [6, 6.07) is 11.2. The summed E-state index contributed by atoms with van der Waals surface area (Å²) in [7, 11) is 0.608. The highest BCUT2D eigenvalue weighted by atomic mass is 32.2. The van der Waals surface area contributed by atoms with Gasteiger partial charge in [-0.3, -0.25) is 9.10 Å². The molecule has 0 atom stereocenters. The van der Waals surface area contributed by atoms with Crippen molar-refractivity contribution in [3.05, 3.63) is 48.0 Å². The fourth-order valence-electron chi connectivity index (χ4n) is 3.44. The summed E-state index contributed by atoms with van der Waals surface area (Å²) in [4.78, 5) is 12.4. The molecule has 1 fully saturated rings. The summed E-state index contributed by atoms with van der Waals surface area (Å²) in [6.07, 6.45) is 4.30. The Bertz CT molecular complexity index is 967. The monoisotopic (exact) mass is 418 g/mol. The predicted octanol–water partition coefficient (Wildman–Crippen LogP) is 3.20. The van der Waals surface area contributed by atoms with Crippen molar-refractivity contribution in [1.29, 1.82) is 0 Å². The van der Waals surface area contributed by atoms with Crippen LogP contribution in [-0.4, -0.2) is 41.6 Å². The molecule has 1 N–H and O–H groups in total. The number of hydrogen-bond acceptors (Lipinski definition) is 5. The van der Waals surface area contributed by atoms with Crippen LogP contribution in [0.25, 0.3) is 0 Å². The number of ether oxygens (including phenoxy) is 2. The van der Waals surface area contributed by atoms with E-state index in [9.17, 15) is 13.2 Å². The van der Waals surface area contributed by atoms with E-state index in [4.69, 9.17) is 9.47 Å². The third kappa shape index (κ3) is 4.48. The number of nitrogens with zero attached hydrogens (tertiary/aromatic N) is 1. The number of methoxy groups -OCH3 is 2. The van der Waals surface area contributed by atoms with Crippen LogP contribution in [0, 0.1) is 0 Å². The van der Waals surface area contributed by atoms with Crippen LogP contribution in [0.1, 0.15) is 36.0 Å². The zero-order valence-electron chi connectivity index (χ0n) is 16.8. The van der Waals surface area contributed by atoms with Crippen molar-refractivity contribution in [3.8, 4) is 11.5 Å². The number of anilines is 1. The molecule has 0 aromatic heterocycles. The minimum Gasteiger partial charge on any atom is -0.493 e. The van der Waals surface area contributed by atoms with Gasteiger partial charge in [0.05, 0.1) is 24.8 Å². The van der Waals surface area contributed by atoms with Crippen LogP contribution in [-0.2, 0) is 10.0 Å². The van der Waals surface area contributed by atoms with Gasteiger partial charge in [0.25, 0.3) is 15.9 Å². The molecule has 0 spiro atoms. The lowest BCUT2D eigenvalue weighted by molar-refractivity contribution is 0.0938. The van der Waals surface area contributed by atoms with E-state index in [1.54, 1.807) is 30.3 Å². The summed E-state index contributed by atoms with van der Waals surface area (Å²) in [5, 5.41) is 3.03. The highest BCUT2D eigenvalue weighted by molar-refractivity contribution is 7.92. The van der Waals surface area contributed by atoms with Crippen molar-refractivity contribution in [2.24, 2.45) is 0 Å². The maximum Gasteiger partial charge on any atom is 0.264 e. The summed E-state index contributed by atoms with van der Waals surface area (Å²) < 4.78 is 37.5. The topological polar surface area (TPSA) is 84.9 Å². The summed E-state index contributed by atoms with van der Waals surface area (Å²) in [5.41, 5.74) is 0.967. The Hall–Kier alpha value is -2.74. The Morgan fingerprint density at radius 3 is 2.21 bits per heavy atom. The third-order valence-corrected chi connectivity index (χ3v) is 6.98. The number of nitrogens with one attached hydrogen (secondary N) is 1. The number of carbonyl (C=O) groups is 1. The van der Waals surface area contributed by atoms with Crippen LogP contribution < -0.4 is 19.1 Å². The Morgan fingerprint density at radius 2 is 1.62 bits per heavy atom. The molecule has 2 aromatic carbocycles. The zero-order valence-corrected chi connectivity index (χ0v) is 17.7. The van der Waals surface area contributed by atoms with E-state index in [0.717, 1.165) is 25.7 Å². The third-order valence-electron chi connectivity index (χ3n) is 5.20. The molecular weight excluding hydrogens is 392 g/mol. The van der Waals surface area contributed by atoms with Crippen LogP contribution in [0.4, 0.5) is 5.69 Å². The maximum absolute atomic E-state index is 13.0. The van der Waals surface area contributed by atoms with Gasteiger partial charge in [-0.15, -0.1) is 0 Å². The minimum absolute atomic E-state index is 0.0840. The SMILES string of the molecule is COc1ccc(S(=O)(=O)N(C)c2ccc(C(=O)NC3CCCC3)cc2)cc1OC. The Balaban J connectivity index is 1.78. The van der Waals surface area contributed by atoms with Gasteiger partial charge in [0.1, 0.15) is 0 Å². The van der Waals surface area contributed by atoms with E-state index in [1.165, 1.54) is 37.7 Å². The molecule has 1 saturated carbocycles.